The van der Waals surface area contributed by atoms with Crippen LogP contribution in [0, 0.1) is 22.2 Å². The Balaban J connectivity index is 1.14. The quantitative estimate of drug-likeness (QED) is 0.518. The van der Waals surface area contributed by atoms with Crippen LogP contribution in [-0.2, 0) is 19.1 Å². The van der Waals surface area contributed by atoms with Crippen LogP contribution in [-0.4, -0.2) is 65.7 Å². The third-order valence-corrected chi connectivity index (χ3v) is 10.4. The van der Waals surface area contributed by atoms with Gasteiger partial charge in [-0.25, -0.2) is 4.39 Å². The normalized spacial score (nSPS) is 41.1. The number of carbonyl (C=O) groups excluding carboxylic acids is 3. The SMILES string of the molecule is CCOC(=O)C12CCC(NC(=O)C34CCC(NCC(=O)N5CC(F)CC5C#N)(CC3)CC4)(CC1)CC2. The lowest BCUT2D eigenvalue weighted by Gasteiger charge is -2.56. The third-order valence-electron chi connectivity index (χ3n) is 10.4. The lowest BCUT2D eigenvalue weighted by atomic mass is 9.55. The number of nitrogens with one attached hydrogen (secondary N) is 2. The molecule has 0 radical (unpaired) electrons. The molecular formula is C27H39FN4O4. The molecule has 2 N–H and O–H groups in total. The molecule has 36 heavy (non-hydrogen) atoms. The number of nitrogens with zero attached hydrogens (tertiary/aromatic N) is 2. The predicted molar refractivity (Wildman–Crippen MR) is 129 cm³/mol. The number of carbonyl (C=O) groups is 3. The van der Waals surface area contributed by atoms with Gasteiger partial charge in [0.15, 0.2) is 0 Å². The number of esters is 1. The molecule has 6 saturated carbocycles. The number of rotatable bonds is 7. The van der Waals surface area contributed by atoms with Gasteiger partial charge in [-0.05, 0) is 84.0 Å². The zero-order chi connectivity index (χ0) is 25.6. The van der Waals surface area contributed by atoms with Crippen molar-refractivity contribution in [3.63, 3.8) is 0 Å². The van der Waals surface area contributed by atoms with Crippen molar-refractivity contribution in [3.8, 4) is 6.07 Å². The minimum atomic E-state index is -1.13. The topological polar surface area (TPSA) is 112 Å². The zero-order valence-corrected chi connectivity index (χ0v) is 21.4. The number of amides is 2. The zero-order valence-electron chi connectivity index (χ0n) is 21.4. The van der Waals surface area contributed by atoms with Gasteiger partial charge >= 0.3 is 5.97 Å². The molecule has 9 heteroatoms. The fraction of sp³-hybridized carbons (Fsp3) is 0.852. The molecule has 6 aliphatic carbocycles. The first-order chi connectivity index (χ1) is 17.2. The maximum Gasteiger partial charge on any atom is 0.312 e. The molecule has 7 fully saturated rings. The number of hydrogen-bond donors (Lipinski definition) is 2. The molecule has 4 bridgehead atoms. The molecular weight excluding hydrogens is 463 g/mol. The summed E-state index contributed by atoms with van der Waals surface area (Å²) in [6.45, 7) is 2.36. The first-order valence-corrected chi connectivity index (χ1v) is 13.8. The number of likely N-dealkylation sites (tertiary alicyclic amines) is 1. The first-order valence-electron chi connectivity index (χ1n) is 13.8. The van der Waals surface area contributed by atoms with Gasteiger partial charge in [0.05, 0.1) is 31.2 Å². The van der Waals surface area contributed by atoms with Crippen LogP contribution in [0.3, 0.4) is 0 Å². The van der Waals surface area contributed by atoms with Crippen LogP contribution in [0.25, 0.3) is 0 Å². The monoisotopic (exact) mass is 502 g/mol. The second-order valence-electron chi connectivity index (χ2n) is 12.2. The number of fused-ring (bicyclic) bond motifs is 6. The van der Waals surface area contributed by atoms with Crippen molar-refractivity contribution in [2.45, 2.75) is 114 Å². The molecule has 2 amide bonds. The van der Waals surface area contributed by atoms with Crippen molar-refractivity contribution >= 4 is 17.8 Å². The van der Waals surface area contributed by atoms with Crippen LogP contribution in [0.15, 0.2) is 0 Å². The van der Waals surface area contributed by atoms with E-state index in [1.54, 1.807) is 0 Å². The maximum atomic E-state index is 13.7. The van der Waals surface area contributed by atoms with E-state index in [0.717, 1.165) is 77.0 Å². The molecule has 198 valence electrons. The van der Waals surface area contributed by atoms with Gasteiger partial charge in [0, 0.05) is 22.9 Å². The van der Waals surface area contributed by atoms with E-state index >= 15 is 0 Å². The molecule has 0 aromatic rings. The maximum absolute atomic E-state index is 13.7. The standard InChI is InChI=1S/C27H39FN4O4/c1-2-36-23(35)25-6-12-27(13-7-25,14-8-25)31-22(34)24-3-9-26(10-4-24,11-5-24)30-17-21(33)32-18-19(28)15-20(32)16-29/h19-20,30H,2-15,17-18H2,1H3,(H,31,34). The van der Waals surface area contributed by atoms with E-state index in [0.29, 0.717) is 6.61 Å². The Bertz CT molecular complexity index is 913. The molecule has 2 unspecified atom stereocenters. The van der Waals surface area contributed by atoms with E-state index in [9.17, 15) is 24.0 Å². The summed E-state index contributed by atoms with van der Waals surface area (Å²) < 4.78 is 19.1. The highest BCUT2D eigenvalue weighted by atomic mass is 19.1. The lowest BCUT2D eigenvalue weighted by Crippen LogP contribution is -2.64. The van der Waals surface area contributed by atoms with Crippen molar-refractivity contribution in [2.24, 2.45) is 10.8 Å². The second-order valence-corrected chi connectivity index (χ2v) is 12.2. The number of hydrogen-bond acceptors (Lipinski definition) is 6. The van der Waals surface area contributed by atoms with Crippen LogP contribution >= 0.6 is 0 Å². The smallest absolute Gasteiger partial charge is 0.312 e. The fourth-order valence-electron chi connectivity index (χ4n) is 7.68. The van der Waals surface area contributed by atoms with Gasteiger partial charge in [0.25, 0.3) is 0 Å². The van der Waals surface area contributed by atoms with E-state index in [1.165, 1.54) is 4.90 Å². The van der Waals surface area contributed by atoms with E-state index in [1.807, 2.05) is 13.0 Å². The number of nitriles is 1. The summed E-state index contributed by atoms with van der Waals surface area (Å²) in [6.07, 6.45) is 8.70. The molecule has 2 atom stereocenters. The average Bonchev–Trinajstić information content (AvgIpc) is 3.30. The molecule has 1 aliphatic heterocycles. The Morgan fingerprint density at radius 1 is 0.944 bits per heavy atom. The molecule has 0 aromatic heterocycles. The molecule has 0 spiro atoms. The minimum absolute atomic E-state index is 0.00230. The van der Waals surface area contributed by atoms with Gasteiger partial charge in [-0.3, -0.25) is 14.4 Å². The summed E-state index contributed by atoms with van der Waals surface area (Å²) in [5.41, 5.74) is -1.07. The molecule has 7 aliphatic rings. The highest BCUT2D eigenvalue weighted by molar-refractivity contribution is 5.84. The van der Waals surface area contributed by atoms with Gasteiger partial charge in [0.1, 0.15) is 12.2 Å². The predicted octanol–water partition coefficient (Wildman–Crippen LogP) is 2.90. The molecule has 1 heterocycles. The van der Waals surface area contributed by atoms with Gasteiger partial charge in [-0.15, -0.1) is 0 Å². The Morgan fingerprint density at radius 2 is 1.50 bits per heavy atom. The van der Waals surface area contributed by atoms with Crippen molar-refractivity contribution in [2.75, 3.05) is 19.7 Å². The van der Waals surface area contributed by atoms with Gasteiger partial charge in [-0.1, -0.05) is 0 Å². The fourth-order valence-corrected chi connectivity index (χ4v) is 7.68. The van der Waals surface area contributed by atoms with E-state index in [2.05, 4.69) is 10.6 Å². The van der Waals surface area contributed by atoms with E-state index in [4.69, 9.17) is 4.74 Å². The van der Waals surface area contributed by atoms with Crippen LogP contribution in [0.5, 0.6) is 0 Å². The number of halogens is 1. The Kier molecular flexibility index (Phi) is 6.55. The van der Waals surface area contributed by atoms with Crippen molar-refractivity contribution in [3.05, 3.63) is 0 Å². The summed E-state index contributed by atoms with van der Waals surface area (Å²) in [7, 11) is 0. The van der Waals surface area contributed by atoms with Gasteiger partial charge in [-0.2, -0.15) is 5.26 Å². The van der Waals surface area contributed by atoms with Crippen LogP contribution in [0.1, 0.15) is 90.4 Å². The highest BCUT2D eigenvalue weighted by Gasteiger charge is 2.57. The summed E-state index contributed by atoms with van der Waals surface area (Å²) in [4.78, 5) is 40.2. The van der Waals surface area contributed by atoms with Crippen LogP contribution in [0.4, 0.5) is 4.39 Å². The summed E-state index contributed by atoms with van der Waals surface area (Å²) >= 11 is 0. The Hall–Kier alpha value is -2.21. The highest BCUT2D eigenvalue weighted by Crippen LogP contribution is 2.55. The van der Waals surface area contributed by atoms with Crippen molar-refractivity contribution < 1.29 is 23.5 Å². The molecule has 1 saturated heterocycles. The lowest BCUT2D eigenvalue weighted by molar-refractivity contribution is -0.164. The summed E-state index contributed by atoms with van der Waals surface area (Å²) in [6, 6.07) is 1.36. The van der Waals surface area contributed by atoms with Crippen LogP contribution < -0.4 is 10.6 Å². The largest absolute Gasteiger partial charge is 0.466 e. The molecule has 8 nitrogen and oxygen atoms in total. The summed E-state index contributed by atoms with van der Waals surface area (Å²) in [5.74, 6) is -0.119. The first kappa shape index (κ1) is 25.4. The summed E-state index contributed by atoms with van der Waals surface area (Å²) in [5, 5.41) is 16.1. The minimum Gasteiger partial charge on any atom is -0.466 e. The third kappa shape index (κ3) is 4.29. The van der Waals surface area contributed by atoms with Gasteiger partial charge < -0.3 is 20.3 Å². The number of ether oxygens (including phenoxy) is 1. The van der Waals surface area contributed by atoms with Gasteiger partial charge in [0.2, 0.25) is 11.8 Å². The molecule has 0 aromatic carbocycles. The van der Waals surface area contributed by atoms with Crippen molar-refractivity contribution in [1.82, 2.24) is 15.5 Å². The number of alkyl halides is 1. The Morgan fingerprint density at radius 3 is 2.06 bits per heavy atom. The Labute approximate surface area is 212 Å². The van der Waals surface area contributed by atoms with Crippen molar-refractivity contribution in [1.29, 1.82) is 5.26 Å². The van der Waals surface area contributed by atoms with Crippen LogP contribution in [0.2, 0.25) is 0 Å². The van der Waals surface area contributed by atoms with E-state index in [-0.39, 0.29) is 59.2 Å². The second kappa shape index (κ2) is 9.27. The average molecular weight is 503 g/mol. The van der Waals surface area contributed by atoms with E-state index < -0.39 is 12.2 Å². The molecule has 7 rings (SSSR count).